The van der Waals surface area contributed by atoms with Gasteiger partial charge in [-0.2, -0.15) is 0 Å². The smallest absolute Gasteiger partial charge is 0.323 e. The van der Waals surface area contributed by atoms with Crippen LogP contribution in [0.2, 0.25) is 0 Å². The molecule has 34 heavy (non-hydrogen) atoms. The summed E-state index contributed by atoms with van der Waals surface area (Å²) < 4.78 is 11.5. The van der Waals surface area contributed by atoms with Crippen LogP contribution in [0.1, 0.15) is 51.1 Å². The maximum absolute atomic E-state index is 11.5. The largest absolute Gasteiger partial charge is 0.489 e. The molecule has 1 aliphatic carbocycles. The monoisotopic (exact) mass is 466 g/mol. The van der Waals surface area contributed by atoms with E-state index >= 15 is 0 Å². The fourth-order valence-corrected chi connectivity index (χ4v) is 3.59. The van der Waals surface area contributed by atoms with Crippen LogP contribution in [0.25, 0.3) is 5.76 Å². The summed E-state index contributed by atoms with van der Waals surface area (Å²) in [6.45, 7) is 8.58. The summed E-state index contributed by atoms with van der Waals surface area (Å²) in [5, 5.41) is 13.8. The first-order chi connectivity index (χ1) is 16.4. The van der Waals surface area contributed by atoms with Gasteiger partial charge in [0, 0.05) is 30.0 Å². The molecule has 2 heterocycles. The van der Waals surface area contributed by atoms with Gasteiger partial charge in [0.05, 0.1) is 0 Å². The van der Waals surface area contributed by atoms with Crippen LogP contribution in [0.4, 0.5) is 0 Å². The van der Waals surface area contributed by atoms with Gasteiger partial charge in [0.2, 0.25) is 5.88 Å². The van der Waals surface area contributed by atoms with E-state index in [0.717, 1.165) is 24.1 Å². The molecule has 8 nitrogen and oxygen atoms in total. The fraction of sp³-hybridized carbons (Fsp3) is 0.385. The zero-order valence-electron chi connectivity index (χ0n) is 20.2. The molecule has 0 radical (unpaired) electrons. The second-order valence-electron chi connectivity index (χ2n) is 8.30. The molecule has 4 N–H and O–H groups in total. The number of pyridine rings is 1. The molecular formula is C26H34N4O4. The van der Waals surface area contributed by atoms with E-state index < -0.39 is 6.10 Å². The zero-order valence-corrected chi connectivity index (χ0v) is 20.2. The Balaban J connectivity index is 0.00000158. The van der Waals surface area contributed by atoms with Gasteiger partial charge in [-0.05, 0) is 56.5 Å². The van der Waals surface area contributed by atoms with Crippen molar-refractivity contribution in [3.63, 3.8) is 0 Å². The molecule has 182 valence electrons. The van der Waals surface area contributed by atoms with E-state index in [9.17, 15) is 9.90 Å². The molecule has 0 bridgehead atoms. The molecule has 0 fully saturated rings. The number of rotatable bonds is 9. The standard InChI is InChI=1S/C24H28N4O4.C2H6/c1-24(2,16-9-11-18(12-10-16)32-21-8-3-4-13-25-21)26-14-17(29)15-31-20-7-5-6-19-22(20)28-23(30)27-19;1-2/h3-4,7-13,17,26,29H,5-6,14-15H2,1-2H3,(H2,27,28,30);1-2H3. The van der Waals surface area contributed by atoms with Gasteiger partial charge in [-0.25, -0.2) is 9.78 Å². The molecule has 0 aliphatic heterocycles. The Morgan fingerprint density at radius 2 is 1.91 bits per heavy atom. The minimum absolute atomic E-state index is 0.123. The highest BCUT2D eigenvalue weighted by Crippen LogP contribution is 2.26. The number of hydrogen-bond acceptors (Lipinski definition) is 6. The van der Waals surface area contributed by atoms with Gasteiger partial charge < -0.3 is 29.9 Å². The number of fused-ring (bicyclic) bond motifs is 1. The van der Waals surface area contributed by atoms with Gasteiger partial charge in [-0.1, -0.05) is 32.0 Å². The summed E-state index contributed by atoms with van der Waals surface area (Å²) in [7, 11) is 0. The second-order valence-corrected chi connectivity index (χ2v) is 8.30. The molecule has 1 aliphatic rings. The Morgan fingerprint density at radius 3 is 2.62 bits per heavy atom. The number of ether oxygens (including phenoxy) is 2. The molecule has 1 atom stereocenters. The van der Waals surface area contributed by atoms with Gasteiger partial charge in [-0.15, -0.1) is 0 Å². The van der Waals surface area contributed by atoms with Gasteiger partial charge in [0.1, 0.15) is 29.9 Å². The van der Waals surface area contributed by atoms with Crippen LogP contribution in [0.5, 0.6) is 11.6 Å². The van der Waals surface area contributed by atoms with E-state index in [2.05, 4.69) is 34.1 Å². The summed E-state index contributed by atoms with van der Waals surface area (Å²) in [6, 6.07) is 13.3. The summed E-state index contributed by atoms with van der Waals surface area (Å²) >= 11 is 0. The lowest BCUT2D eigenvalue weighted by molar-refractivity contribution is 0.0856. The van der Waals surface area contributed by atoms with Crippen LogP contribution in [0.3, 0.4) is 0 Å². The number of aromatic amines is 2. The average molecular weight is 467 g/mol. The average Bonchev–Trinajstić information content (AvgIpc) is 3.24. The predicted molar refractivity (Wildman–Crippen MR) is 133 cm³/mol. The molecule has 4 rings (SSSR count). The lowest BCUT2D eigenvalue weighted by Gasteiger charge is -2.29. The van der Waals surface area contributed by atoms with Crippen molar-refractivity contribution < 1.29 is 14.6 Å². The fourth-order valence-electron chi connectivity index (χ4n) is 3.59. The highest BCUT2D eigenvalue weighted by Gasteiger charge is 2.22. The van der Waals surface area contributed by atoms with Gasteiger partial charge in [0.15, 0.2) is 0 Å². The number of aliphatic hydroxyl groups excluding tert-OH is 1. The van der Waals surface area contributed by atoms with Gasteiger partial charge >= 0.3 is 5.69 Å². The van der Waals surface area contributed by atoms with Crippen molar-refractivity contribution in [1.82, 2.24) is 20.3 Å². The van der Waals surface area contributed by atoms with Crippen LogP contribution >= 0.6 is 0 Å². The zero-order chi connectivity index (χ0) is 24.6. The van der Waals surface area contributed by atoms with Crippen LogP contribution in [-0.4, -0.2) is 39.3 Å². The van der Waals surface area contributed by atoms with E-state index in [4.69, 9.17) is 9.47 Å². The minimum Gasteiger partial charge on any atom is -0.489 e. The third kappa shape index (κ3) is 6.59. The molecule has 1 aromatic carbocycles. The first-order valence-electron chi connectivity index (χ1n) is 11.7. The van der Waals surface area contributed by atoms with Crippen molar-refractivity contribution in [2.45, 2.75) is 52.2 Å². The molecule has 8 heteroatoms. The lowest BCUT2D eigenvalue weighted by Crippen LogP contribution is -2.42. The molecule has 0 amide bonds. The maximum atomic E-state index is 11.5. The van der Waals surface area contributed by atoms with Gasteiger partial charge in [0.25, 0.3) is 0 Å². The van der Waals surface area contributed by atoms with E-state index in [1.54, 1.807) is 12.3 Å². The Morgan fingerprint density at radius 1 is 1.15 bits per heavy atom. The minimum atomic E-state index is -0.710. The van der Waals surface area contributed by atoms with Crippen LogP contribution in [0.15, 0.2) is 59.5 Å². The Hall–Kier alpha value is -3.36. The van der Waals surface area contributed by atoms with Crippen LogP contribution in [-0.2, 0) is 16.7 Å². The van der Waals surface area contributed by atoms with Crippen molar-refractivity contribution >= 4 is 5.76 Å². The number of nitrogens with zero attached hydrogens (tertiary/aromatic N) is 1. The van der Waals surface area contributed by atoms with Crippen molar-refractivity contribution in [1.29, 1.82) is 0 Å². The number of imidazole rings is 1. The predicted octanol–water partition coefficient (Wildman–Crippen LogP) is 4.11. The first kappa shape index (κ1) is 25.3. The summed E-state index contributed by atoms with van der Waals surface area (Å²) in [5.74, 6) is 1.86. The van der Waals surface area contributed by atoms with E-state index in [0.29, 0.717) is 29.6 Å². The maximum Gasteiger partial charge on any atom is 0.323 e. The number of aliphatic hydroxyl groups is 1. The first-order valence-corrected chi connectivity index (χ1v) is 11.7. The quantitative estimate of drug-likeness (QED) is 0.378. The van der Waals surface area contributed by atoms with Crippen molar-refractivity contribution in [3.8, 4) is 11.6 Å². The second kappa shape index (κ2) is 11.7. The van der Waals surface area contributed by atoms with Crippen LogP contribution in [0, 0.1) is 0 Å². The normalized spacial score (nSPS) is 13.7. The molecule has 3 aromatic rings. The lowest BCUT2D eigenvalue weighted by atomic mass is 9.94. The Kier molecular flexibility index (Phi) is 8.67. The van der Waals surface area contributed by atoms with Crippen molar-refractivity contribution in [2.75, 3.05) is 13.2 Å². The summed E-state index contributed by atoms with van der Waals surface area (Å²) in [6.07, 6.45) is 4.47. The van der Waals surface area contributed by atoms with Crippen LogP contribution < -0.4 is 15.7 Å². The topological polar surface area (TPSA) is 112 Å². The number of nitrogens with one attached hydrogen (secondary N) is 3. The number of aryl methyl sites for hydroxylation is 1. The van der Waals surface area contributed by atoms with E-state index in [1.165, 1.54) is 0 Å². The van der Waals surface area contributed by atoms with E-state index in [-0.39, 0.29) is 17.8 Å². The number of H-pyrrole nitrogens is 2. The highest BCUT2D eigenvalue weighted by atomic mass is 16.5. The molecule has 1 unspecified atom stereocenters. The molecular weight excluding hydrogens is 432 g/mol. The molecule has 0 saturated carbocycles. The molecule has 0 saturated heterocycles. The van der Waals surface area contributed by atoms with E-state index in [1.807, 2.05) is 56.3 Å². The number of allylic oxidation sites excluding steroid dienone is 1. The SMILES string of the molecule is CC.CC(C)(NCC(O)COC1=CCCc2[nH]c(=O)[nH]c21)c1ccc(Oc2ccccn2)cc1. The van der Waals surface area contributed by atoms with Gasteiger partial charge in [-0.3, -0.25) is 0 Å². The molecule has 2 aromatic heterocycles. The third-order valence-corrected chi connectivity index (χ3v) is 5.42. The Labute approximate surface area is 200 Å². The number of aromatic nitrogens is 3. The summed E-state index contributed by atoms with van der Waals surface area (Å²) in [5.41, 5.74) is 1.97. The van der Waals surface area contributed by atoms with Crippen molar-refractivity contribution in [2.24, 2.45) is 0 Å². The Bertz CT molecular complexity index is 1120. The highest BCUT2D eigenvalue weighted by molar-refractivity contribution is 5.60. The third-order valence-electron chi connectivity index (χ3n) is 5.42. The number of hydrogen-bond donors (Lipinski definition) is 4. The molecule has 0 spiro atoms. The van der Waals surface area contributed by atoms with Crippen molar-refractivity contribution in [3.05, 3.63) is 82.2 Å². The summed E-state index contributed by atoms with van der Waals surface area (Å²) in [4.78, 5) is 21.2. The number of benzene rings is 1.